The molecule has 0 saturated heterocycles. The lowest BCUT2D eigenvalue weighted by atomic mass is 10.0. The molecule has 2 heteroatoms. The SMILES string of the molecule is CCCCCCCCCCCCCCCCCCC1=NC(CC)C(CC)O1. The van der Waals surface area contributed by atoms with Gasteiger partial charge in [-0.25, -0.2) is 4.99 Å². The number of ether oxygens (including phenoxy) is 1. The van der Waals surface area contributed by atoms with E-state index in [9.17, 15) is 0 Å². The summed E-state index contributed by atoms with van der Waals surface area (Å²) >= 11 is 0. The summed E-state index contributed by atoms with van der Waals surface area (Å²) in [6.45, 7) is 6.72. The van der Waals surface area contributed by atoms with Crippen LogP contribution in [0.2, 0.25) is 0 Å². The van der Waals surface area contributed by atoms with Crippen molar-refractivity contribution in [2.24, 2.45) is 4.99 Å². The zero-order valence-electron chi connectivity index (χ0n) is 18.9. The fourth-order valence-electron chi connectivity index (χ4n) is 4.21. The van der Waals surface area contributed by atoms with Crippen molar-refractivity contribution in [3.8, 4) is 0 Å². The molecule has 0 radical (unpaired) electrons. The van der Waals surface area contributed by atoms with Crippen molar-refractivity contribution in [3.05, 3.63) is 0 Å². The predicted molar refractivity (Wildman–Crippen MR) is 121 cm³/mol. The number of nitrogens with zero attached hydrogens (tertiary/aromatic N) is 1. The predicted octanol–water partition coefficient (Wildman–Crippen LogP) is 8.62. The highest BCUT2D eigenvalue weighted by Gasteiger charge is 2.27. The van der Waals surface area contributed by atoms with E-state index in [2.05, 4.69) is 20.8 Å². The summed E-state index contributed by atoms with van der Waals surface area (Å²) in [5.41, 5.74) is 0. The van der Waals surface area contributed by atoms with Gasteiger partial charge >= 0.3 is 0 Å². The average molecular weight is 380 g/mol. The molecule has 0 bridgehead atoms. The maximum atomic E-state index is 5.99. The molecule has 27 heavy (non-hydrogen) atoms. The van der Waals surface area contributed by atoms with Gasteiger partial charge < -0.3 is 4.74 Å². The van der Waals surface area contributed by atoms with E-state index < -0.39 is 0 Å². The minimum atomic E-state index is 0.353. The summed E-state index contributed by atoms with van der Waals surface area (Å²) in [6, 6.07) is 0.422. The van der Waals surface area contributed by atoms with E-state index in [0.29, 0.717) is 12.1 Å². The van der Waals surface area contributed by atoms with E-state index in [-0.39, 0.29) is 0 Å². The smallest absolute Gasteiger partial charge is 0.184 e. The number of hydrogen-bond donors (Lipinski definition) is 0. The van der Waals surface area contributed by atoms with Gasteiger partial charge in [0.15, 0.2) is 5.90 Å². The Balaban J connectivity index is 1.78. The van der Waals surface area contributed by atoms with Crippen LogP contribution in [0.25, 0.3) is 0 Å². The fraction of sp³-hybridized carbons (Fsp3) is 0.960. The Morgan fingerprint density at radius 1 is 0.593 bits per heavy atom. The third-order valence-electron chi connectivity index (χ3n) is 6.09. The molecule has 1 aliphatic heterocycles. The maximum absolute atomic E-state index is 5.99. The Labute approximate surface area is 171 Å². The molecule has 2 unspecified atom stereocenters. The standard InChI is InChI=1S/C25H49NO/c1-4-7-8-9-10-11-12-13-14-15-16-17-18-19-20-21-22-25-26-23(5-2)24(6-3)27-25/h23-24H,4-22H2,1-3H3. The summed E-state index contributed by atoms with van der Waals surface area (Å²) in [6.07, 6.45) is 26.4. The van der Waals surface area contributed by atoms with Crippen LogP contribution in [0, 0.1) is 0 Å². The van der Waals surface area contributed by atoms with Crippen molar-refractivity contribution in [2.75, 3.05) is 0 Å². The fourth-order valence-corrected chi connectivity index (χ4v) is 4.21. The van der Waals surface area contributed by atoms with Gasteiger partial charge in [0.25, 0.3) is 0 Å². The van der Waals surface area contributed by atoms with Crippen LogP contribution in [0.1, 0.15) is 143 Å². The molecule has 0 spiro atoms. The van der Waals surface area contributed by atoms with Crippen LogP contribution in [0.4, 0.5) is 0 Å². The van der Waals surface area contributed by atoms with Gasteiger partial charge in [0.2, 0.25) is 0 Å². The van der Waals surface area contributed by atoms with Crippen molar-refractivity contribution < 1.29 is 4.74 Å². The minimum Gasteiger partial charge on any atom is -0.475 e. The quantitative estimate of drug-likeness (QED) is 0.206. The van der Waals surface area contributed by atoms with Crippen LogP contribution >= 0.6 is 0 Å². The lowest BCUT2D eigenvalue weighted by Gasteiger charge is -2.13. The molecule has 1 rings (SSSR count). The summed E-state index contributed by atoms with van der Waals surface area (Å²) < 4.78 is 5.99. The molecule has 2 atom stereocenters. The Hall–Kier alpha value is -0.530. The van der Waals surface area contributed by atoms with Gasteiger partial charge in [-0.05, 0) is 19.3 Å². The summed E-state index contributed by atoms with van der Waals surface area (Å²) in [7, 11) is 0. The largest absolute Gasteiger partial charge is 0.475 e. The normalized spacial score (nSPS) is 19.3. The molecule has 160 valence electrons. The van der Waals surface area contributed by atoms with Crippen molar-refractivity contribution in [1.29, 1.82) is 0 Å². The third kappa shape index (κ3) is 12.5. The van der Waals surface area contributed by atoms with E-state index in [0.717, 1.165) is 25.2 Å². The number of unbranched alkanes of at least 4 members (excludes halogenated alkanes) is 15. The highest BCUT2D eigenvalue weighted by Crippen LogP contribution is 2.22. The second kappa shape index (κ2) is 17.6. The minimum absolute atomic E-state index is 0.353. The lowest BCUT2D eigenvalue weighted by Crippen LogP contribution is -2.20. The van der Waals surface area contributed by atoms with E-state index >= 15 is 0 Å². The van der Waals surface area contributed by atoms with Crippen molar-refractivity contribution in [1.82, 2.24) is 0 Å². The molecule has 1 aliphatic rings. The average Bonchev–Trinajstić information content (AvgIpc) is 3.10. The molecular formula is C25H49NO. The van der Waals surface area contributed by atoms with Gasteiger partial charge in [-0.1, -0.05) is 117 Å². The molecule has 2 nitrogen and oxygen atoms in total. The molecular weight excluding hydrogens is 330 g/mol. The van der Waals surface area contributed by atoms with Crippen molar-refractivity contribution >= 4 is 5.90 Å². The molecule has 0 amide bonds. The Bertz CT molecular complexity index is 352. The summed E-state index contributed by atoms with van der Waals surface area (Å²) in [4.78, 5) is 4.76. The summed E-state index contributed by atoms with van der Waals surface area (Å²) in [5.74, 6) is 1.04. The van der Waals surface area contributed by atoms with E-state index in [1.54, 1.807) is 0 Å². The van der Waals surface area contributed by atoms with Crippen LogP contribution in [-0.2, 0) is 4.74 Å². The Kier molecular flexibility index (Phi) is 15.9. The molecule has 0 aromatic carbocycles. The zero-order chi connectivity index (χ0) is 19.6. The van der Waals surface area contributed by atoms with Gasteiger partial charge in [-0.15, -0.1) is 0 Å². The maximum Gasteiger partial charge on any atom is 0.184 e. The van der Waals surface area contributed by atoms with Crippen molar-refractivity contribution in [2.45, 2.75) is 155 Å². The monoisotopic (exact) mass is 379 g/mol. The van der Waals surface area contributed by atoms with Crippen LogP contribution in [0.5, 0.6) is 0 Å². The highest BCUT2D eigenvalue weighted by atomic mass is 16.5. The molecule has 0 aliphatic carbocycles. The third-order valence-corrected chi connectivity index (χ3v) is 6.09. The first-order chi connectivity index (χ1) is 13.3. The second-order valence-corrected chi connectivity index (χ2v) is 8.62. The van der Waals surface area contributed by atoms with Gasteiger partial charge in [0.1, 0.15) is 6.10 Å². The molecule has 0 fully saturated rings. The first-order valence-corrected chi connectivity index (χ1v) is 12.5. The number of rotatable bonds is 19. The van der Waals surface area contributed by atoms with Gasteiger partial charge in [0, 0.05) is 6.42 Å². The highest BCUT2D eigenvalue weighted by molar-refractivity contribution is 5.78. The van der Waals surface area contributed by atoms with Crippen molar-refractivity contribution in [3.63, 3.8) is 0 Å². The zero-order valence-corrected chi connectivity index (χ0v) is 18.9. The second-order valence-electron chi connectivity index (χ2n) is 8.62. The first kappa shape index (κ1) is 24.5. The summed E-state index contributed by atoms with van der Waals surface area (Å²) in [5, 5.41) is 0. The Morgan fingerprint density at radius 3 is 1.41 bits per heavy atom. The van der Waals surface area contributed by atoms with E-state index in [1.165, 1.54) is 103 Å². The number of hydrogen-bond acceptors (Lipinski definition) is 2. The molecule has 1 heterocycles. The van der Waals surface area contributed by atoms with Gasteiger partial charge in [-0.2, -0.15) is 0 Å². The van der Waals surface area contributed by atoms with Crippen LogP contribution in [-0.4, -0.2) is 18.0 Å². The molecule has 0 aromatic rings. The van der Waals surface area contributed by atoms with E-state index in [1.807, 2.05) is 0 Å². The van der Waals surface area contributed by atoms with Crippen LogP contribution in [0.15, 0.2) is 4.99 Å². The van der Waals surface area contributed by atoms with Crippen LogP contribution < -0.4 is 0 Å². The van der Waals surface area contributed by atoms with Crippen LogP contribution in [0.3, 0.4) is 0 Å². The Morgan fingerprint density at radius 2 is 1.04 bits per heavy atom. The molecule has 0 aromatic heterocycles. The van der Waals surface area contributed by atoms with Gasteiger partial charge in [0.05, 0.1) is 6.04 Å². The molecule has 0 N–H and O–H groups in total. The van der Waals surface area contributed by atoms with E-state index in [4.69, 9.17) is 9.73 Å². The molecule has 0 saturated carbocycles. The first-order valence-electron chi connectivity index (χ1n) is 12.5. The number of aliphatic imine (C=N–C) groups is 1. The topological polar surface area (TPSA) is 21.6 Å². The lowest BCUT2D eigenvalue weighted by molar-refractivity contribution is 0.180. The van der Waals surface area contributed by atoms with Gasteiger partial charge in [-0.3, -0.25) is 0 Å².